The number of furan rings is 1. The summed E-state index contributed by atoms with van der Waals surface area (Å²) >= 11 is 0. The van der Waals surface area contributed by atoms with Crippen molar-refractivity contribution in [2.24, 2.45) is 34.5 Å². The van der Waals surface area contributed by atoms with E-state index in [-0.39, 0.29) is 59.6 Å². The molecule has 20 atom stereocenters. The van der Waals surface area contributed by atoms with Gasteiger partial charge in [0.15, 0.2) is 25.0 Å². The highest BCUT2D eigenvalue weighted by molar-refractivity contribution is 5.89. The first-order chi connectivity index (χ1) is 29.1. The van der Waals surface area contributed by atoms with Gasteiger partial charge in [-0.2, -0.15) is 0 Å². The Labute approximate surface area is 357 Å². The molecule has 0 amide bonds. The number of aliphatic hydroxyl groups is 4. The quantitative estimate of drug-likeness (QED) is 0.196. The topological polar surface area (TPSA) is 202 Å². The maximum atomic E-state index is 12.6. The second-order valence-corrected chi connectivity index (χ2v) is 20.1. The molecule has 340 valence electrons. The highest BCUT2D eigenvalue weighted by Gasteiger charge is 2.68. The van der Waals surface area contributed by atoms with Gasteiger partial charge in [-0.3, -0.25) is 0 Å². The molecule has 0 bridgehead atoms. The number of carbonyl (C=O) groups is 2. The molecule has 0 spiro atoms. The van der Waals surface area contributed by atoms with Crippen LogP contribution in [0.25, 0.3) is 0 Å². The third-order valence-corrected chi connectivity index (χ3v) is 16.8. The lowest BCUT2D eigenvalue weighted by atomic mass is 9.43. The summed E-state index contributed by atoms with van der Waals surface area (Å²) in [5, 5.41) is 46.0. The lowest BCUT2D eigenvalue weighted by Gasteiger charge is -2.64. The van der Waals surface area contributed by atoms with Crippen LogP contribution in [0.5, 0.6) is 0 Å². The smallest absolute Gasteiger partial charge is 0.341 e. The van der Waals surface area contributed by atoms with Crippen LogP contribution < -0.4 is 0 Å². The molecule has 4 N–H and O–H groups in total. The minimum absolute atomic E-state index is 0.00555. The Morgan fingerprint density at radius 1 is 0.738 bits per heavy atom. The van der Waals surface area contributed by atoms with Crippen LogP contribution in [0.3, 0.4) is 0 Å². The van der Waals surface area contributed by atoms with E-state index in [9.17, 15) is 30.0 Å². The lowest BCUT2D eigenvalue weighted by molar-refractivity contribution is -0.336. The summed E-state index contributed by atoms with van der Waals surface area (Å²) in [4.78, 5) is 24.4. The highest BCUT2D eigenvalue weighted by atomic mass is 16.7. The van der Waals surface area contributed by atoms with E-state index < -0.39 is 85.4 Å². The monoisotopic (exact) mass is 858 g/mol. The zero-order chi connectivity index (χ0) is 43.0. The fourth-order valence-corrected chi connectivity index (χ4v) is 13.5. The zero-order valence-corrected chi connectivity index (χ0v) is 36.1. The van der Waals surface area contributed by atoms with E-state index in [1.165, 1.54) is 18.6 Å². The number of hydrogen-bond acceptors (Lipinski definition) is 15. The molecular weight excluding hydrogens is 792 g/mol. The van der Waals surface area contributed by atoms with Crippen molar-refractivity contribution in [3.63, 3.8) is 0 Å². The average molecular weight is 859 g/mol. The second kappa shape index (κ2) is 16.8. The molecule has 15 nitrogen and oxygen atoms in total. The van der Waals surface area contributed by atoms with Gasteiger partial charge < -0.3 is 62.7 Å². The van der Waals surface area contributed by atoms with E-state index in [1.54, 1.807) is 19.9 Å². The predicted octanol–water partition coefficient (Wildman–Crippen LogP) is 4.71. The molecule has 9 rings (SSSR count). The van der Waals surface area contributed by atoms with Crippen LogP contribution in [0.4, 0.5) is 0 Å². The number of ether oxygens (including phenoxy) is 8. The molecule has 0 aromatic carbocycles. The van der Waals surface area contributed by atoms with Gasteiger partial charge in [-0.05, 0) is 119 Å². The largest absolute Gasteiger partial charge is 0.472 e. The molecule has 1 aromatic rings. The van der Waals surface area contributed by atoms with Gasteiger partial charge >= 0.3 is 11.9 Å². The normalized spacial score (nSPS) is 49.9. The molecule has 61 heavy (non-hydrogen) atoms. The Bertz CT molecular complexity index is 1730. The first-order valence-corrected chi connectivity index (χ1v) is 22.9. The molecule has 1 aromatic heterocycles. The Morgan fingerprint density at radius 3 is 1.93 bits per heavy atom. The highest BCUT2D eigenvalue weighted by Crippen LogP contribution is 2.70. The van der Waals surface area contributed by atoms with Crippen molar-refractivity contribution in [3.8, 4) is 0 Å². The van der Waals surface area contributed by atoms with E-state index in [2.05, 4.69) is 13.8 Å². The van der Waals surface area contributed by atoms with E-state index in [0.717, 1.165) is 63.4 Å². The van der Waals surface area contributed by atoms with E-state index >= 15 is 0 Å². The molecule has 4 aliphatic carbocycles. The van der Waals surface area contributed by atoms with Crippen molar-refractivity contribution < 1.29 is 72.3 Å². The SMILES string of the molecule is C[C@H]1O[C@@H](O[C@H]2[C@@H](O)C[C@H](O[C@H]3[C@@H](O)C[C@H](O[C@H]4CC[C@@]5(C)[C@H](CC[C@@H]6[C@@H]5CC[C@]5(C)[C@@H](C7=CC(=O)OC7)CC[C@]65O)C4)O[C@@H]3C)O[C@@H]2C)C[C@H](O)[C@@H]1OC(=O)c1ccoc1. The summed E-state index contributed by atoms with van der Waals surface area (Å²) in [6, 6.07) is 1.48. The Morgan fingerprint density at radius 2 is 1.36 bits per heavy atom. The lowest BCUT2D eigenvalue weighted by Crippen LogP contribution is -2.62. The van der Waals surface area contributed by atoms with E-state index in [4.69, 9.17) is 42.3 Å². The summed E-state index contributed by atoms with van der Waals surface area (Å²) in [7, 11) is 0. The van der Waals surface area contributed by atoms with Crippen LogP contribution in [0.15, 0.2) is 34.7 Å². The Kier molecular flexibility index (Phi) is 12.1. The Balaban J connectivity index is 0.738. The van der Waals surface area contributed by atoms with Crippen molar-refractivity contribution >= 4 is 11.9 Å². The second-order valence-electron chi connectivity index (χ2n) is 20.1. The zero-order valence-electron chi connectivity index (χ0n) is 36.1. The standard InChI is InChI=1S/C46H66O15/c1-23-40(59-38-19-34(48)41(24(2)56-38)60-39-20-35(49)42(25(3)57-39)61-43(51)26-11-15-53-21-26)33(47)18-37(55-23)58-29-8-12-44(4)28(17-29)6-7-32-31(44)9-13-45(5)30(10-14-46(32,45)52)27-16-36(50)54-22-27/h11,15-16,21,23-25,28-35,37-42,47-49,52H,6-10,12-14,17-20,22H2,1-5H3/t23-,24-,25-,28-,29+,30-,31+,32-,33+,34+,35+,37+,38+,39+,40-,41-,42-,44+,45-,46+/m1/s1. The van der Waals surface area contributed by atoms with Gasteiger partial charge in [0, 0.05) is 30.8 Å². The molecule has 0 radical (unpaired) electrons. The predicted molar refractivity (Wildman–Crippen MR) is 213 cm³/mol. The number of rotatable bonds is 9. The van der Waals surface area contributed by atoms with Crippen LogP contribution in [0, 0.1) is 34.5 Å². The molecule has 8 aliphatic rings. The van der Waals surface area contributed by atoms with Gasteiger partial charge in [0.25, 0.3) is 0 Å². The molecule has 4 saturated carbocycles. The van der Waals surface area contributed by atoms with Gasteiger partial charge in [-0.25, -0.2) is 9.59 Å². The minimum Gasteiger partial charge on any atom is -0.472 e. The van der Waals surface area contributed by atoms with Crippen molar-refractivity contribution in [2.45, 2.75) is 197 Å². The first-order valence-electron chi connectivity index (χ1n) is 22.9. The summed E-state index contributed by atoms with van der Waals surface area (Å²) < 4.78 is 53.2. The Hall–Kier alpha value is -2.44. The van der Waals surface area contributed by atoms with Gasteiger partial charge in [0.2, 0.25) is 0 Å². The number of cyclic esters (lactones) is 1. The molecule has 15 heteroatoms. The number of hydrogen-bond donors (Lipinski definition) is 4. The van der Waals surface area contributed by atoms with Gasteiger partial charge in [-0.15, -0.1) is 0 Å². The van der Waals surface area contributed by atoms with Gasteiger partial charge in [0.1, 0.15) is 25.1 Å². The maximum absolute atomic E-state index is 12.6. The van der Waals surface area contributed by atoms with E-state index in [0.29, 0.717) is 18.4 Å². The number of carbonyl (C=O) groups excluding carboxylic acids is 2. The summed E-state index contributed by atoms with van der Waals surface area (Å²) in [5.41, 5.74) is 0.401. The van der Waals surface area contributed by atoms with Crippen molar-refractivity contribution in [2.75, 3.05) is 6.61 Å². The molecule has 0 unspecified atom stereocenters. The van der Waals surface area contributed by atoms with E-state index in [1.807, 2.05) is 6.92 Å². The van der Waals surface area contributed by atoms with Crippen LogP contribution >= 0.6 is 0 Å². The number of fused-ring (bicyclic) bond motifs is 5. The molecule has 5 heterocycles. The summed E-state index contributed by atoms with van der Waals surface area (Å²) in [6.07, 6.45) is 3.79. The fraction of sp³-hybridized carbons (Fsp3) is 0.826. The fourth-order valence-electron chi connectivity index (χ4n) is 13.5. The first kappa shape index (κ1) is 43.8. The molecule has 4 aliphatic heterocycles. The van der Waals surface area contributed by atoms with Gasteiger partial charge in [-0.1, -0.05) is 13.8 Å². The van der Waals surface area contributed by atoms with Crippen LogP contribution in [0.2, 0.25) is 0 Å². The molecular formula is C46H66O15. The van der Waals surface area contributed by atoms with Gasteiger partial charge in [0.05, 0.1) is 60.2 Å². The summed E-state index contributed by atoms with van der Waals surface area (Å²) in [5.74, 6) is 0.445. The van der Waals surface area contributed by atoms with Crippen LogP contribution in [0.1, 0.15) is 122 Å². The number of aliphatic hydroxyl groups excluding tert-OH is 3. The van der Waals surface area contributed by atoms with Crippen LogP contribution in [-0.4, -0.2) is 124 Å². The van der Waals surface area contributed by atoms with Crippen LogP contribution in [-0.2, 0) is 42.7 Å². The molecule has 3 saturated heterocycles. The van der Waals surface area contributed by atoms with Crippen molar-refractivity contribution in [1.29, 1.82) is 0 Å². The number of esters is 2. The van der Waals surface area contributed by atoms with Crippen molar-refractivity contribution in [3.05, 3.63) is 35.8 Å². The minimum atomic E-state index is -1.06. The van der Waals surface area contributed by atoms with Crippen molar-refractivity contribution in [1.82, 2.24) is 0 Å². The third-order valence-electron chi connectivity index (χ3n) is 16.8. The summed E-state index contributed by atoms with van der Waals surface area (Å²) in [6.45, 7) is 10.4. The molecule has 7 fully saturated rings. The third kappa shape index (κ3) is 7.94. The average Bonchev–Trinajstić information content (AvgIpc) is 3.96. The maximum Gasteiger partial charge on any atom is 0.341 e.